The van der Waals surface area contributed by atoms with Gasteiger partial charge in [0.2, 0.25) is 5.91 Å². The van der Waals surface area contributed by atoms with E-state index in [0.717, 1.165) is 28.6 Å². The van der Waals surface area contributed by atoms with Crippen molar-refractivity contribution in [3.63, 3.8) is 0 Å². The molecule has 3 aromatic rings. The minimum absolute atomic E-state index is 0.0755. The van der Waals surface area contributed by atoms with E-state index in [1.54, 1.807) is 0 Å². The number of hydrogen-bond acceptors (Lipinski definition) is 2. The smallest absolute Gasteiger partial charge is 0.229 e. The summed E-state index contributed by atoms with van der Waals surface area (Å²) in [5.41, 5.74) is 2.96. The van der Waals surface area contributed by atoms with E-state index in [1.807, 2.05) is 26.0 Å². The lowest BCUT2D eigenvalue weighted by Gasteiger charge is -2.07. The molecule has 0 saturated carbocycles. The quantitative estimate of drug-likeness (QED) is 0.709. The third-order valence-corrected chi connectivity index (χ3v) is 4.00. The summed E-state index contributed by atoms with van der Waals surface area (Å²) < 4.78 is 45.2. The predicted molar refractivity (Wildman–Crippen MR) is 84.3 cm³/mol. The van der Waals surface area contributed by atoms with Gasteiger partial charge in [-0.1, -0.05) is 12.1 Å². The maximum atomic E-state index is 13.6. The molecule has 1 heterocycles. The Labute approximate surface area is 136 Å². The zero-order valence-electron chi connectivity index (χ0n) is 13.0. The second-order valence-corrected chi connectivity index (χ2v) is 5.59. The number of nitrogens with one attached hydrogen (secondary N) is 1. The predicted octanol–water partition coefficient (Wildman–Crippen LogP) is 4.65. The Morgan fingerprint density at radius 1 is 1.08 bits per heavy atom. The third kappa shape index (κ3) is 2.75. The fourth-order valence-corrected chi connectivity index (χ4v) is 2.52. The molecule has 2 aromatic carbocycles. The van der Waals surface area contributed by atoms with Gasteiger partial charge >= 0.3 is 0 Å². The average molecular weight is 333 g/mol. The molecular weight excluding hydrogens is 319 g/mol. The Morgan fingerprint density at radius 3 is 2.58 bits per heavy atom. The zero-order valence-corrected chi connectivity index (χ0v) is 13.0. The van der Waals surface area contributed by atoms with Gasteiger partial charge < -0.3 is 9.73 Å². The number of anilines is 1. The first-order valence-electron chi connectivity index (χ1n) is 7.28. The second-order valence-electron chi connectivity index (χ2n) is 5.59. The van der Waals surface area contributed by atoms with Gasteiger partial charge in [0.15, 0.2) is 17.5 Å². The Hall–Kier alpha value is -2.76. The normalized spacial score (nSPS) is 11.0. The number of carbonyl (C=O) groups is 1. The van der Waals surface area contributed by atoms with Gasteiger partial charge in [0.25, 0.3) is 0 Å². The second kappa shape index (κ2) is 6.03. The molecular formula is C18H14F3NO2. The lowest BCUT2D eigenvalue weighted by Crippen LogP contribution is -2.16. The van der Waals surface area contributed by atoms with Gasteiger partial charge in [-0.25, -0.2) is 13.2 Å². The molecule has 1 N–H and O–H groups in total. The number of benzene rings is 2. The van der Waals surface area contributed by atoms with Crippen molar-refractivity contribution in [1.82, 2.24) is 0 Å². The first kappa shape index (κ1) is 16.1. The lowest BCUT2D eigenvalue weighted by molar-refractivity contribution is -0.115. The number of aryl methyl sites for hydroxylation is 2. The molecule has 3 rings (SSSR count). The van der Waals surface area contributed by atoms with Crippen LogP contribution in [0.1, 0.15) is 16.7 Å². The SMILES string of the molecule is Cc1ccc2c(CC(=O)Nc3ccc(F)c(F)c3F)coc2c1C. The standard InChI is InChI=1S/C18H14F3NO2/c1-9-3-4-12-11(8-24-18(12)10(9)2)7-15(23)22-14-6-5-13(19)16(20)17(14)21/h3-6,8H,7H2,1-2H3,(H,22,23). The zero-order chi connectivity index (χ0) is 17.4. The van der Waals surface area contributed by atoms with Crippen LogP contribution in [-0.2, 0) is 11.2 Å². The van der Waals surface area contributed by atoms with Crippen LogP contribution in [0.5, 0.6) is 0 Å². The monoisotopic (exact) mass is 333 g/mol. The van der Waals surface area contributed by atoms with E-state index in [9.17, 15) is 18.0 Å². The minimum Gasteiger partial charge on any atom is -0.464 e. The Balaban J connectivity index is 1.84. The number of amides is 1. The summed E-state index contributed by atoms with van der Waals surface area (Å²) >= 11 is 0. The van der Waals surface area contributed by atoms with Gasteiger partial charge in [-0.2, -0.15) is 0 Å². The highest BCUT2D eigenvalue weighted by atomic mass is 19.2. The van der Waals surface area contributed by atoms with Crippen LogP contribution in [0.25, 0.3) is 11.0 Å². The van der Waals surface area contributed by atoms with E-state index in [2.05, 4.69) is 5.32 Å². The lowest BCUT2D eigenvalue weighted by atomic mass is 10.0. The van der Waals surface area contributed by atoms with Gasteiger partial charge in [-0.15, -0.1) is 0 Å². The molecule has 0 spiro atoms. The molecule has 6 heteroatoms. The molecule has 24 heavy (non-hydrogen) atoms. The van der Waals surface area contributed by atoms with Gasteiger partial charge in [0, 0.05) is 10.9 Å². The summed E-state index contributed by atoms with van der Waals surface area (Å²) in [6.45, 7) is 3.87. The van der Waals surface area contributed by atoms with E-state index in [4.69, 9.17) is 4.42 Å². The number of fused-ring (bicyclic) bond motifs is 1. The molecule has 0 aliphatic rings. The molecule has 0 atom stereocenters. The van der Waals surface area contributed by atoms with Crippen LogP contribution in [0, 0.1) is 31.3 Å². The molecule has 1 amide bonds. The molecule has 0 fully saturated rings. The summed E-state index contributed by atoms with van der Waals surface area (Å²) in [6.07, 6.45) is 1.40. The van der Waals surface area contributed by atoms with Crippen LogP contribution in [0.15, 0.2) is 34.9 Å². The van der Waals surface area contributed by atoms with Crippen LogP contribution in [0.4, 0.5) is 18.9 Å². The molecule has 0 radical (unpaired) electrons. The first-order valence-corrected chi connectivity index (χ1v) is 7.28. The number of rotatable bonds is 3. The molecule has 0 bridgehead atoms. The van der Waals surface area contributed by atoms with Crippen molar-refractivity contribution in [2.45, 2.75) is 20.3 Å². The van der Waals surface area contributed by atoms with Crippen LogP contribution in [0.2, 0.25) is 0 Å². The van der Waals surface area contributed by atoms with E-state index >= 15 is 0 Å². The van der Waals surface area contributed by atoms with E-state index in [1.165, 1.54) is 6.26 Å². The summed E-state index contributed by atoms with van der Waals surface area (Å²) in [5.74, 6) is -4.91. The highest BCUT2D eigenvalue weighted by Crippen LogP contribution is 2.27. The van der Waals surface area contributed by atoms with Gasteiger partial charge in [-0.05, 0) is 37.1 Å². The maximum absolute atomic E-state index is 13.6. The molecule has 0 unspecified atom stereocenters. The Kier molecular flexibility index (Phi) is 4.05. The van der Waals surface area contributed by atoms with E-state index < -0.39 is 29.0 Å². The van der Waals surface area contributed by atoms with Gasteiger partial charge in [0.05, 0.1) is 18.4 Å². The summed E-state index contributed by atoms with van der Waals surface area (Å²) in [5, 5.41) is 3.04. The number of halogens is 3. The summed E-state index contributed by atoms with van der Waals surface area (Å²) in [6, 6.07) is 5.51. The fraction of sp³-hybridized carbons (Fsp3) is 0.167. The largest absolute Gasteiger partial charge is 0.464 e. The van der Waals surface area contributed by atoms with Crippen molar-refractivity contribution in [3.8, 4) is 0 Å². The summed E-state index contributed by atoms with van der Waals surface area (Å²) in [4.78, 5) is 12.1. The average Bonchev–Trinajstić information content (AvgIpc) is 2.95. The summed E-state index contributed by atoms with van der Waals surface area (Å²) in [7, 11) is 0. The van der Waals surface area contributed by atoms with Crippen molar-refractivity contribution in [2.24, 2.45) is 0 Å². The Bertz CT molecular complexity index is 947. The van der Waals surface area contributed by atoms with Crippen LogP contribution >= 0.6 is 0 Å². The topological polar surface area (TPSA) is 42.2 Å². The highest BCUT2D eigenvalue weighted by Gasteiger charge is 2.17. The number of carbonyl (C=O) groups excluding carboxylic acids is 1. The molecule has 0 aliphatic heterocycles. The molecule has 1 aromatic heterocycles. The number of furan rings is 1. The van der Waals surface area contributed by atoms with Crippen molar-refractivity contribution in [3.05, 3.63) is 64.7 Å². The first-order chi connectivity index (χ1) is 11.4. The minimum atomic E-state index is -1.62. The van der Waals surface area contributed by atoms with Crippen molar-refractivity contribution < 1.29 is 22.4 Å². The van der Waals surface area contributed by atoms with Crippen LogP contribution in [-0.4, -0.2) is 5.91 Å². The molecule has 0 aliphatic carbocycles. The number of hydrogen-bond donors (Lipinski definition) is 1. The molecule has 3 nitrogen and oxygen atoms in total. The van der Waals surface area contributed by atoms with Gasteiger partial charge in [0.1, 0.15) is 5.58 Å². The molecule has 0 saturated heterocycles. The third-order valence-electron chi connectivity index (χ3n) is 4.00. The van der Waals surface area contributed by atoms with Crippen molar-refractivity contribution >= 4 is 22.6 Å². The Morgan fingerprint density at radius 2 is 1.83 bits per heavy atom. The maximum Gasteiger partial charge on any atom is 0.229 e. The van der Waals surface area contributed by atoms with E-state index in [0.29, 0.717) is 11.1 Å². The highest BCUT2D eigenvalue weighted by molar-refractivity contribution is 5.96. The van der Waals surface area contributed by atoms with Gasteiger partial charge in [-0.3, -0.25) is 4.79 Å². The fourth-order valence-electron chi connectivity index (χ4n) is 2.52. The van der Waals surface area contributed by atoms with Crippen molar-refractivity contribution in [2.75, 3.05) is 5.32 Å². The van der Waals surface area contributed by atoms with Crippen LogP contribution < -0.4 is 5.32 Å². The van der Waals surface area contributed by atoms with E-state index in [-0.39, 0.29) is 6.42 Å². The molecule has 124 valence electrons. The van der Waals surface area contributed by atoms with Crippen molar-refractivity contribution in [1.29, 1.82) is 0 Å². The van der Waals surface area contributed by atoms with Crippen LogP contribution in [0.3, 0.4) is 0 Å².